The lowest BCUT2D eigenvalue weighted by atomic mass is 9.79. The van der Waals surface area contributed by atoms with Crippen LogP contribution in [0.4, 0.5) is 0 Å². The maximum absolute atomic E-state index is 12.5. The number of hydrogen-bond acceptors (Lipinski definition) is 2. The Bertz CT molecular complexity index is 432. The van der Waals surface area contributed by atoms with Crippen LogP contribution < -0.4 is 11.1 Å². The number of nitrogens with two attached hydrogens (primary N) is 1. The van der Waals surface area contributed by atoms with Crippen LogP contribution in [0.5, 0.6) is 0 Å². The quantitative estimate of drug-likeness (QED) is 0.887. The van der Waals surface area contributed by atoms with E-state index in [4.69, 9.17) is 5.73 Å². The molecule has 1 aromatic rings. The monoisotopic (exact) mass is 274 g/mol. The SMILES string of the molecule is CC1CCC(NC(=O)C(CN)c2ccccc2)C(C)C1. The molecule has 3 nitrogen and oxygen atoms in total. The van der Waals surface area contributed by atoms with Crippen molar-refractivity contribution < 1.29 is 4.79 Å². The van der Waals surface area contributed by atoms with Crippen LogP contribution >= 0.6 is 0 Å². The highest BCUT2D eigenvalue weighted by Gasteiger charge is 2.28. The van der Waals surface area contributed by atoms with E-state index in [2.05, 4.69) is 19.2 Å². The van der Waals surface area contributed by atoms with Crippen LogP contribution in [0.15, 0.2) is 30.3 Å². The lowest BCUT2D eigenvalue weighted by Crippen LogP contribution is -2.45. The van der Waals surface area contributed by atoms with Crippen LogP contribution in [0.2, 0.25) is 0 Å². The van der Waals surface area contributed by atoms with Crippen molar-refractivity contribution in [2.75, 3.05) is 6.54 Å². The normalized spacial score (nSPS) is 27.9. The van der Waals surface area contributed by atoms with Gasteiger partial charge in [-0.2, -0.15) is 0 Å². The van der Waals surface area contributed by atoms with Crippen molar-refractivity contribution in [2.24, 2.45) is 17.6 Å². The highest BCUT2D eigenvalue weighted by Crippen LogP contribution is 2.29. The van der Waals surface area contributed by atoms with Gasteiger partial charge in [0.25, 0.3) is 0 Å². The van der Waals surface area contributed by atoms with E-state index in [9.17, 15) is 4.79 Å². The van der Waals surface area contributed by atoms with Crippen LogP contribution in [-0.2, 0) is 4.79 Å². The van der Waals surface area contributed by atoms with E-state index in [0.29, 0.717) is 18.5 Å². The van der Waals surface area contributed by atoms with Gasteiger partial charge in [-0.1, -0.05) is 44.2 Å². The Hall–Kier alpha value is -1.35. The molecule has 0 aromatic heterocycles. The zero-order valence-corrected chi connectivity index (χ0v) is 12.5. The third kappa shape index (κ3) is 3.60. The topological polar surface area (TPSA) is 55.1 Å². The predicted molar refractivity (Wildman–Crippen MR) is 82.3 cm³/mol. The third-order valence-electron chi connectivity index (χ3n) is 4.51. The van der Waals surface area contributed by atoms with Gasteiger partial charge in [0, 0.05) is 12.6 Å². The molecule has 0 heterocycles. The first-order valence-corrected chi connectivity index (χ1v) is 7.67. The zero-order valence-electron chi connectivity index (χ0n) is 12.5. The highest BCUT2D eigenvalue weighted by molar-refractivity contribution is 5.84. The third-order valence-corrected chi connectivity index (χ3v) is 4.51. The fourth-order valence-electron chi connectivity index (χ4n) is 3.24. The van der Waals surface area contributed by atoms with Gasteiger partial charge in [-0.3, -0.25) is 4.79 Å². The van der Waals surface area contributed by atoms with Crippen LogP contribution in [0, 0.1) is 11.8 Å². The molecule has 1 saturated carbocycles. The van der Waals surface area contributed by atoms with Gasteiger partial charge in [0.15, 0.2) is 0 Å². The van der Waals surface area contributed by atoms with Crippen molar-refractivity contribution in [3.05, 3.63) is 35.9 Å². The molecule has 2 rings (SSSR count). The molecule has 1 aliphatic rings. The van der Waals surface area contributed by atoms with E-state index < -0.39 is 0 Å². The fourth-order valence-corrected chi connectivity index (χ4v) is 3.24. The van der Waals surface area contributed by atoms with Crippen LogP contribution in [0.25, 0.3) is 0 Å². The molecular formula is C17H26N2O. The van der Waals surface area contributed by atoms with E-state index in [1.54, 1.807) is 0 Å². The lowest BCUT2D eigenvalue weighted by molar-refractivity contribution is -0.123. The van der Waals surface area contributed by atoms with E-state index in [1.807, 2.05) is 30.3 Å². The second kappa shape index (κ2) is 6.89. The molecule has 0 radical (unpaired) electrons. The molecule has 110 valence electrons. The summed E-state index contributed by atoms with van der Waals surface area (Å²) in [5.74, 6) is 1.17. The van der Waals surface area contributed by atoms with E-state index >= 15 is 0 Å². The molecule has 20 heavy (non-hydrogen) atoms. The Balaban J connectivity index is 1.99. The summed E-state index contributed by atoms with van der Waals surface area (Å²) < 4.78 is 0. The summed E-state index contributed by atoms with van der Waals surface area (Å²) in [4.78, 5) is 12.5. The van der Waals surface area contributed by atoms with Crippen LogP contribution in [-0.4, -0.2) is 18.5 Å². The van der Waals surface area contributed by atoms with Crippen molar-refractivity contribution in [3.63, 3.8) is 0 Å². The molecule has 0 aliphatic heterocycles. The van der Waals surface area contributed by atoms with Gasteiger partial charge in [0.1, 0.15) is 0 Å². The van der Waals surface area contributed by atoms with E-state index in [-0.39, 0.29) is 11.8 Å². The molecule has 1 aliphatic carbocycles. The fraction of sp³-hybridized carbons (Fsp3) is 0.588. The van der Waals surface area contributed by atoms with Crippen molar-refractivity contribution in [2.45, 2.75) is 45.1 Å². The average Bonchev–Trinajstić information content (AvgIpc) is 2.44. The summed E-state index contributed by atoms with van der Waals surface area (Å²) in [5.41, 5.74) is 6.81. The molecule has 1 amide bonds. The van der Waals surface area contributed by atoms with Gasteiger partial charge in [-0.25, -0.2) is 0 Å². The summed E-state index contributed by atoms with van der Waals surface area (Å²) in [5, 5.41) is 3.22. The van der Waals surface area contributed by atoms with Gasteiger partial charge >= 0.3 is 0 Å². The molecule has 3 heteroatoms. The molecule has 0 saturated heterocycles. The van der Waals surface area contributed by atoms with Gasteiger partial charge in [0.2, 0.25) is 5.91 Å². The highest BCUT2D eigenvalue weighted by atomic mass is 16.2. The Morgan fingerprint density at radius 3 is 2.60 bits per heavy atom. The minimum atomic E-state index is -0.234. The molecule has 0 spiro atoms. The smallest absolute Gasteiger partial charge is 0.229 e. The first kappa shape index (κ1) is 15.0. The number of hydrogen-bond donors (Lipinski definition) is 2. The van der Waals surface area contributed by atoms with Crippen LogP contribution in [0.3, 0.4) is 0 Å². The van der Waals surface area contributed by atoms with Gasteiger partial charge in [0.05, 0.1) is 5.92 Å². The first-order chi connectivity index (χ1) is 9.61. The maximum Gasteiger partial charge on any atom is 0.229 e. The standard InChI is InChI=1S/C17H26N2O/c1-12-8-9-16(13(2)10-12)19-17(20)15(11-18)14-6-4-3-5-7-14/h3-7,12-13,15-16H,8-11,18H2,1-2H3,(H,19,20). The van der Waals surface area contributed by atoms with Crippen molar-refractivity contribution in [1.82, 2.24) is 5.32 Å². The second-order valence-electron chi connectivity index (χ2n) is 6.21. The second-order valence-corrected chi connectivity index (χ2v) is 6.21. The molecule has 4 unspecified atom stereocenters. The summed E-state index contributed by atoms with van der Waals surface area (Å²) in [6.45, 7) is 4.88. The minimum Gasteiger partial charge on any atom is -0.353 e. The predicted octanol–water partition coefficient (Wildman–Crippen LogP) is 2.67. The number of nitrogens with one attached hydrogen (secondary N) is 1. The molecule has 1 aromatic carbocycles. The summed E-state index contributed by atoms with van der Waals surface area (Å²) in [7, 11) is 0. The van der Waals surface area contributed by atoms with E-state index in [1.165, 1.54) is 12.8 Å². The van der Waals surface area contributed by atoms with Gasteiger partial charge < -0.3 is 11.1 Å². The van der Waals surface area contributed by atoms with Crippen molar-refractivity contribution >= 4 is 5.91 Å². The number of carbonyl (C=O) groups is 1. The van der Waals surface area contributed by atoms with Gasteiger partial charge in [-0.15, -0.1) is 0 Å². The minimum absolute atomic E-state index is 0.0742. The Morgan fingerprint density at radius 2 is 2.00 bits per heavy atom. The van der Waals surface area contributed by atoms with Crippen molar-refractivity contribution in [3.8, 4) is 0 Å². The lowest BCUT2D eigenvalue weighted by Gasteiger charge is -2.34. The molecule has 0 bridgehead atoms. The summed E-state index contributed by atoms with van der Waals surface area (Å²) in [6.07, 6.45) is 3.48. The molecule has 3 N–H and O–H groups in total. The van der Waals surface area contributed by atoms with Gasteiger partial charge in [-0.05, 0) is 36.7 Å². The van der Waals surface area contributed by atoms with Crippen LogP contribution in [0.1, 0.15) is 44.6 Å². The summed E-state index contributed by atoms with van der Waals surface area (Å²) in [6, 6.07) is 10.1. The number of benzene rings is 1. The summed E-state index contributed by atoms with van der Waals surface area (Å²) >= 11 is 0. The van der Waals surface area contributed by atoms with Crippen molar-refractivity contribution in [1.29, 1.82) is 0 Å². The molecular weight excluding hydrogens is 248 g/mol. The number of carbonyl (C=O) groups excluding carboxylic acids is 1. The Kier molecular flexibility index (Phi) is 5.18. The van der Waals surface area contributed by atoms with E-state index in [0.717, 1.165) is 17.9 Å². The number of amides is 1. The molecule has 4 atom stereocenters. The average molecular weight is 274 g/mol. The zero-order chi connectivity index (χ0) is 14.5. The number of rotatable bonds is 4. The molecule has 1 fully saturated rings. The Morgan fingerprint density at radius 1 is 1.30 bits per heavy atom. The Labute approximate surface area is 121 Å². The largest absolute Gasteiger partial charge is 0.353 e. The maximum atomic E-state index is 12.5. The first-order valence-electron chi connectivity index (χ1n) is 7.67.